The van der Waals surface area contributed by atoms with Crippen LogP contribution < -0.4 is 0 Å². The SMILES string of the molecule is CCOP(=O)(CCl)OCC. The molecule has 0 unspecified atom stereocenters. The normalized spacial score (nSPS) is 11.9. The molecule has 0 saturated heterocycles. The van der Waals surface area contributed by atoms with Crippen LogP contribution in [0.15, 0.2) is 0 Å². The van der Waals surface area contributed by atoms with Crippen molar-refractivity contribution in [2.75, 3.05) is 18.8 Å². The van der Waals surface area contributed by atoms with E-state index in [0.717, 1.165) is 0 Å². The maximum Gasteiger partial charge on any atom is 0.345 e. The third-order valence-corrected chi connectivity index (χ3v) is 3.27. The average molecular weight is 187 g/mol. The van der Waals surface area contributed by atoms with E-state index in [9.17, 15) is 4.57 Å². The van der Waals surface area contributed by atoms with Gasteiger partial charge in [0.05, 0.1) is 13.2 Å². The van der Waals surface area contributed by atoms with Gasteiger partial charge in [-0.3, -0.25) is 4.57 Å². The van der Waals surface area contributed by atoms with E-state index in [0.29, 0.717) is 13.2 Å². The van der Waals surface area contributed by atoms with Gasteiger partial charge in [-0.15, -0.1) is 11.6 Å². The molecule has 0 spiro atoms. The van der Waals surface area contributed by atoms with Crippen LogP contribution in [0.5, 0.6) is 0 Å². The first-order valence-electron chi connectivity index (χ1n) is 3.12. The second-order valence-corrected chi connectivity index (χ2v) is 4.26. The van der Waals surface area contributed by atoms with E-state index in [4.69, 9.17) is 20.6 Å². The number of hydrogen-bond donors (Lipinski definition) is 0. The Morgan fingerprint density at radius 1 is 1.30 bits per heavy atom. The van der Waals surface area contributed by atoms with Crippen LogP contribution in [0.3, 0.4) is 0 Å². The summed E-state index contributed by atoms with van der Waals surface area (Å²) < 4.78 is 20.8. The van der Waals surface area contributed by atoms with Gasteiger partial charge in [-0.1, -0.05) is 0 Å². The Hall–Kier alpha value is 0.440. The summed E-state index contributed by atoms with van der Waals surface area (Å²) in [6, 6.07) is 0. The van der Waals surface area contributed by atoms with E-state index in [1.807, 2.05) is 0 Å². The molecule has 0 N–H and O–H groups in total. The summed E-state index contributed by atoms with van der Waals surface area (Å²) in [4.78, 5) is 0. The molecule has 3 nitrogen and oxygen atoms in total. The smallest absolute Gasteiger partial charge is 0.308 e. The molecule has 0 bridgehead atoms. The molecular formula is C5H12ClO3P. The van der Waals surface area contributed by atoms with Gasteiger partial charge >= 0.3 is 7.60 Å². The van der Waals surface area contributed by atoms with Crippen molar-refractivity contribution in [2.24, 2.45) is 0 Å². The van der Waals surface area contributed by atoms with Crippen molar-refractivity contribution in [1.82, 2.24) is 0 Å². The molecule has 62 valence electrons. The Morgan fingerprint density at radius 3 is 1.90 bits per heavy atom. The summed E-state index contributed by atoms with van der Waals surface area (Å²) in [5.74, 6) is 0. The quantitative estimate of drug-likeness (QED) is 0.489. The van der Waals surface area contributed by atoms with Crippen LogP contribution in [0.1, 0.15) is 13.8 Å². The Balaban J connectivity index is 3.83. The molecule has 0 aromatic heterocycles. The van der Waals surface area contributed by atoms with E-state index in [1.165, 1.54) is 0 Å². The van der Waals surface area contributed by atoms with Crippen LogP contribution in [-0.2, 0) is 13.6 Å². The Kier molecular flexibility index (Phi) is 5.36. The van der Waals surface area contributed by atoms with Crippen LogP contribution in [0, 0.1) is 0 Å². The molecule has 0 rings (SSSR count). The lowest BCUT2D eigenvalue weighted by Crippen LogP contribution is -1.95. The van der Waals surface area contributed by atoms with Crippen LogP contribution in [0.4, 0.5) is 0 Å². The van der Waals surface area contributed by atoms with Crippen molar-refractivity contribution >= 4 is 19.2 Å². The zero-order valence-corrected chi connectivity index (χ0v) is 7.82. The first-order valence-corrected chi connectivity index (χ1v) is 5.39. The number of hydrogen-bond acceptors (Lipinski definition) is 3. The van der Waals surface area contributed by atoms with Crippen LogP contribution in [0.2, 0.25) is 0 Å². The van der Waals surface area contributed by atoms with E-state index >= 15 is 0 Å². The third kappa shape index (κ3) is 3.57. The standard InChI is InChI=1S/C5H12ClO3P/c1-3-8-10(7,5-6)9-4-2/h3-5H2,1-2H3. The van der Waals surface area contributed by atoms with E-state index < -0.39 is 7.60 Å². The summed E-state index contributed by atoms with van der Waals surface area (Å²) in [6.45, 7) is 4.23. The third-order valence-electron chi connectivity index (χ3n) is 0.798. The Morgan fingerprint density at radius 2 is 1.70 bits per heavy atom. The fourth-order valence-electron chi connectivity index (χ4n) is 0.500. The van der Waals surface area contributed by atoms with Crippen molar-refractivity contribution in [2.45, 2.75) is 13.8 Å². The molecule has 0 aromatic rings. The molecule has 0 aromatic carbocycles. The maximum atomic E-state index is 11.2. The van der Waals surface area contributed by atoms with Gasteiger partial charge < -0.3 is 9.05 Å². The van der Waals surface area contributed by atoms with Gasteiger partial charge in [-0.25, -0.2) is 0 Å². The van der Waals surface area contributed by atoms with Gasteiger partial charge in [0.2, 0.25) is 0 Å². The van der Waals surface area contributed by atoms with E-state index in [2.05, 4.69) is 0 Å². The van der Waals surface area contributed by atoms with Gasteiger partial charge in [0.25, 0.3) is 0 Å². The summed E-state index contributed by atoms with van der Waals surface area (Å²) in [7, 11) is -2.93. The van der Waals surface area contributed by atoms with Crippen molar-refractivity contribution in [3.63, 3.8) is 0 Å². The molecule has 0 aliphatic rings. The highest BCUT2D eigenvalue weighted by Crippen LogP contribution is 2.48. The zero-order chi connectivity index (χ0) is 8.04. The highest BCUT2D eigenvalue weighted by atomic mass is 35.5. The second-order valence-electron chi connectivity index (χ2n) is 1.57. The maximum absolute atomic E-state index is 11.2. The molecule has 0 aliphatic heterocycles. The summed E-state index contributed by atoms with van der Waals surface area (Å²) >= 11 is 5.35. The molecule has 10 heavy (non-hydrogen) atoms. The molecule has 0 aliphatic carbocycles. The number of halogens is 1. The number of alkyl halides is 1. The highest BCUT2D eigenvalue weighted by molar-refractivity contribution is 7.55. The fraction of sp³-hybridized carbons (Fsp3) is 1.00. The minimum absolute atomic E-state index is 0.0747. The lowest BCUT2D eigenvalue weighted by molar-refractivity contribution is 0.224. The highest BCUT2D eigenvalue weighted by Gasteiger charge is 2.20. The van der Waals surface area contributed by atoms with Crippen molar-refractivity contribution < 1.29 is 13.6 Å². The molecule has 0 radical (unpaired) electrons. The molecule has 0 fully saturated rings. The first kappa shape index (κ1) is 10.4. The topological polar surface area (TPSA) is 35.5 Å². The minimum atomic E-state index is -2.93. The van der Waals surface area contributed by atoms with E-state index in [-0.39, 0.29) is 5.62 Å². The lowest BCUT2D eigenvalue weighted by Gasteiger charge is -2.12. The fourth-order valence-corrected chi connectivity index (χ4v) is 1.91. The molecule has 5 heteroatoms. The van der Waals surface area contributed by atoms with Crippen LogP contribution in [-0.4, -0.2) is 18.8 Å². The second kappa shape index (κ2) is 5.14. The van der Waals surface area contributed by atoms with Crippen molar-refractivity contribution in [3.05, 3.63) is 0 Å². The van der Waals surface area contributed by atoms with Gasteiger partial charge in [0.1, 0.15) is 5.62 Å². The molecule has 0 heterocycles. The first-order chi connectivity index (χ1) is 4.68. The number of rotatable bonds is 5. The summed E-state index contributed by atoms with van der Waals surface area (Å²) in [5, 5.41) is 0. The van der Waals surface area contributed by atoms with Crippen molar-refractivity contribution in [3.8, 4) is 0 Å². The van der Waals surface area contributed by atoms with Gasteiger partial charge in [-0.2, -0.15) is 0 Å². The summed E-state index contributed by atoms with van der Waals surface area (Å²) in [5.41, 5.74) is -0.0747. The monoisotopic (exact) mass is 186 g/mol. The molecule has 0 saturated carbocycles. The zero-order valence-electron chi connectivity index (χ0n) is 6.17. The molecule has 0 atom stereocenters. The van der Waals surface area contributed by atoms with Gasteiger partial charge in [-0.05, 0) is 13.8 Å². The van der Waals surface area contributed by atoms with Crippen LogP contribution in [0.25, 0.3) is 0 Å². The van der Waals surface area contributed by atoms with Crippen LogP contribution >= 0.6 is 19.2 Å². The molecular weight excluding hydrogens is 174 g/mol. The summed E-state index contributed by atoms with van der Waals surface area (Å²) in [6.07, 6.45) is 0. The largest absolute Gasteiger partial charge is 0.345 e. The van der Waals surface area contributed by atoms with Gasteiger partial charge in [0.15, 0.2) is 0 Å². The van der Waals surface area contributed by atoms with Crippen molar-refractivity contribution in [1.29, 1.82) is 0 Å². The molecule has 0 amide bonds. The van der Waals surface area contributed by atoms with E-state index in [1.54, 1.807) is 13.8 Å². The lowest BCUT2D eigenvalue weighted by atomic mass is 10.9. The predicted molar refractivity (Wildman–Crippen MR) is 41.6 cm³/mol. The van der Waals surface area contributed by atoms with Gasteiger partial charge in [0, 0.05) is 0 Å². The average Bonchev–Trinajstić information content (AvgIpc) is 1.89. The Bertz CT molecular complexity index is 118. The predicted octanol–water partition coefficient (Wildman–Crippen LogP) is 2.45. The Labute approximate surface area is 66.2 Å². The minimum Gasteiger partial charge on any atom is -0.308 e.